The first kappa shape index (κ1) is 11.7. The van der Waals surface area contributed by atoms with Crippen LogP contribution >= 0.6 is 0 Å². The Bertz CT molecular complexity index is 477. The third-order valence-electron chi connectivity index (χ3n) is 4.36. The van der Waals surface area contributed by atoms with Gasteiger partial charge >= 0.3 is 0 Å². The molecule has 2 aliphatic rings. The molecule has 1 amide bonds. The molecule has 0 atom stereocenters. The zero-order chi connectivity index (χ0) is 12.6. The molecule has 1 fully saturated rings. The summed E-state index contributed by atoms with van der Waals surface area (Å²) in [4.78, 5) is 12.2. The van der Waals surface area contributed by atoms with E-state index in [1.54, 1.807) is 0 Å². The zero-order valence-electron chi connectivity index (χ0n) is 10.9. The summed E-state index contributed by atoms with van der Waals surface area (Å²) >= 11 is 0. The molecule has 3 rings (SSSR count). The van der Waals surface area contributed by atoms with E-state index < -0.39 is 0 Å². The highest BCUT2D eigenvalue weighted by Gasteiger charge is 2.47. The molecule has 3 heteroatoms. The number of carbonyl (C=O) groups excluding carboxylic acids is 1. The van der Waals surface area contributed by atoms with Crippen molar-refractivity contribution in [2.75, 3.05) is 11.9 Å². The van der Waals surface area contributed by atoms with E-state index in [2.05, 4.69) is 29.7 Å². The molecular formula is C15H20N2O. The van der Waals surface area contributed by atoms with Crippen LogP contribution in [0.1, 0.15) is 37.3 Å². The van der Waals surface area contributed by atoms with E-state index in [0.717, 1.165) is 44.5 Å². The summed E-state index contributed by atoms with van der Waals surface area (Å²) in [5, 5.41) is 6.44. The average molecular weight is 244 g/mol. The predicted octanol–water partition coefficient (Wildman–Crippen LogP) is 2.46. The summed E-state index contributed by atoms with van der Waals surface area (Å²) in [7, 11) is 0. The highest BCUT2D eigenvalue weighted by molar-refractivity contribution is 5.97. The van der Waals surface area contributed by atoms with Crippen LogP contribution in [0.5, 0.6) is 0 Å². The highest BCUT2D eigenvalue weighted by atomic mass is 16.2. The number of benzene rings is 1. The topological polar surface area (TPSA) is 41.1 Å². The minimum atomic E-state index is -0.0614. The zero-order valence-corrected chi connectivity index (χ0v) is 10.9. The predicted molar refractivity (Wildman–Crippen MR) is 72.4 cm³/mol. The second kappa shape index (κ2) is 4.39. The van der Waals surface area contributed by atoms with Crippen LogP contribution in [0.15, 0.2) is 18.2 Å². The van der Waals surface area contributed by atoms with Gasteiger partial charge in [0.2, 0.25) is 5.91 Å². The van der Waals surface area contributed by atoms with Crippen molar-refractivity contribution in [3.63, 3.8) is 0 Å². The van der Waals surface area contributed by atoms with Crippen LogP contribution in [0.2, 0.25) is 0 Å². The van der Waals surface area contributed by atoms with Crippen LogP contribution in [-0.2, 0) is 17.8 Å². The van der Waals surface area contributed by atoms with Crippen molar-refractivity contribution in [1.82, 2.24) is 5.32 Å². The van der Waals surface area contributed by atoms with Gasteiger partial charge in [-0.15, -0.1) is 0 Å². The summed E-state index contributed by atoms with van der Waals surface area (Å²) in [6.07, 6.45) is 4.12. The molecule has 2 N–H and O–H groups in total. The minimum absolute atomic E-state index is 0.0614. The lowest BCUT2D eigenvalue weighted by Crippen LogP contribution is -2.25. The normalized spacial score (nSPS) is 20.1. The van der Waals surface area contributed by atoms with Gasteiger partial charge in [-0.1, -0.05) is 13.0 Å². The summed E-state index contributed by atoms with van der Waals surface area (Å²) in [5.41, 5.74) is 3.61. The largest absolute Gasteiger partial charge is 0.326 e. The molecule has 0 radical (unpaired) electrons. The van der Waals surface area contributed by atoms with Gasteiger partial charge in [-0.05, 0) is 55.5 Å². The van der Waals surface area contributed by atoms with Gasteiger partial charge in [0.15, 0.2) is 0 Å². The number of amides is 1. The van der Waals surface area contributed by atoms with Gasteiger partial charge in [0.25, 0.3) is 0 Å². The second-order valence-corrected chi connectivity index (χ2v) is 5.50. The highest BCUT2D eigenvalue weighted by Crippen LogP contribution is 2.49. The monoisotopic (exact) mass is 244 g/mol. The molecule has 1 aliphatic carbocycles. The summed E-state index contributed by atoms with van der Waals surface area (Å²) in [6.45, 7) is 4.07. The Hall–Kier alpha value is -1.35. The van der Waals surface area contributed by atoms with Crippen molar-refractivity contribution >= 4 is 11.6 Å². The fourth-order valence-electron chi connectivity index (χ4n) is 2.71. The molecule has 1 saturated carbocycles. The minimum Gasteiger partial charge on any atom is -0.326 e. The Morgan fingerprint density at radius 3 is 2.94 bits per heavy atom. The van der Waals surface area contributed by atoms with Crippen molar-refractivity contribution in [3.8, 4) is 0 Å². The summed E-state index contributed by atoms with van der Waals surface area (Å²) < 4.78 is 0. The molecule has 0 aromatic heterocycles. The Balaban J connectivity index is 1.75. The van der Waals surface area contributed by atoms with Gasteiger partial charge in [-0.3, -0.25) is 4.79 Å². The standard InChI is InChI=1S/C15H20N2O/c1-2-15(6-7-15)14(18)17-13-4-3-11-5-8-16-10-12(11)9-13/h3-4,9,16H,2,5-8,10H2,1H3,(H,17,18). The Morgan fingerprint density at radius 1 is 1.39 bits per heavy atom. The Labute approximate surface area is 108 Å². The molecule has 0 saturated heterocycles. The van der Waals surface area contributed by atoms with Crippen molar-refractivity contribution < 1.29 is 4.79 Å². The van der Waals surface area contributed by atoms with E-state index in [-0.39, 0.29) is 11.3 Å². The average Bonchev–Trinajstić information content (AvgIpc) is 3.19. The lowest BCUT2D eigenvalue weighted by atomic mass is 9.99. The third-order valence-corrected chi connectivity index (χ3v) is 4.36. The van der Waals surface area contributed by atoms with Crippen molar-refractivity contribution in [2.24, 2.45) is 5.41 Å². The number of fused-ring (bicyclic) bond motifs is 1. The lowest BCUT2D eigenvalue weighted by molar-refractivity contribution is -0.121. The van der Waals surface area contributed by atoms with E-state index >= 15 is 0 Å². The molecular weight excluding hydrogens is 224 g/mol. The van der Waals surface area contributed by atoms with Gasteiger partial charge in [0, 0.05) is 17.6 Å². The van der Waals surface area contributed by atoms with Crippen molar-refractivity contribution in [3.05, 3.63) is 29.3 Å². The van der Waals surface area contributed by atoms with Gasteiger partial charge in [0.1, 0.15) is 0 Å². The first-order valence-electron chi connectivity index (χ1n) is 6.87. The van der Waals surface area contributed by atoms with E-state index in [1.165, 1.54) is 11.1 Å². The van der Waals surface area contributed by atoms with Crippen LogP contribution in [0.4, 0.5) is 5.69 Å². The van der Waals surface area contributed by atoms with Crippen LogP contribution < -0.4 is 10.6 Å². The van der Waals surface area contributed by atoms with Crippen molar-refractivity contribution in [1.29, 1.82) is 0 Å². The molecule has 1 aliphatic heterocycles. The number of nitrogens with one attached hydrogen (secondary N) is 2. The summed E-state index contributed by atoms with van der Waals surface area (Å²) in [5.74, 6) is 0.203. The molecule has 18 heavy (non-hydrogen) atoms. The molecule has 0 spiro atoms. The molecule has 1 heterocycles. The van der Waals surface area contributed by atoms with E-state index in [1.807, 2.05) is 6.07 Å². The Morgan fingerprint density at radius 2 is 2.22 bits per heavy atom. The second-order valence-electron chi connectivity index (χ2n) is 5.50. The third kappa shape index (κ3) is 2.03. The molecule has 0 unspecified atom stereocenters. The van der Waals surface area contributed by atoms with Gasteiger partial charge < -0.3 is 10.6 Å². The lowest BCUT2D eigenvalue weighted by Gasteiger charge is -2.19. The Kier molecular flexibility index (Phi) is 2.86. The van der Waals surface area contributed by atoms with Crippen LogP contribution in [0.3, 0.4) is 0 Å². The molecule has 1 aromatic carbocycles. The SMILES string of the molecule is CCC1(C(=O)Nc2ccc3c(c2)CNCC3)CC1. The van der Waals surface area contributed by atoms with Gasteiger partial charge in [0.05, 0.1) is 0 Å². The molecule has 0 bridgehead atoms. The van der Waals surface area contributed by atoms with Crippen LogP contribution in [-0.4, -0.2) is 12.5 Å². The van der Waals surface area contributed by atoms with E-state index in [9.17, 15) is 4.79 Å². The number of anilines is 1. The number of rotatable bonds is 3. The molecule has 96 valence electrons. The first-order valence-corrected chi connectivity index (χ1v) is 6.87. The fourth-order valence-corrected chi connectivity index (χ4v) is 2.71. The van der Waals surface area contributed by atoms with Crippen LogP contribution in [0, 0.1) is 5.41 Å². The van der Waals surface area contributed by atoms with Crippen LogP contribution in [0.25, 0.3) is 0 Å². The molecule has 1 aromatic rings. The maximum atomic E-state index is 12.2. The number of carbonyl (C=O) groups is 1. The number of hydrogen-bond donors (Lipinski definition) is 2. The number of hydrogen-bond acceptors (Lipinski definition) is 2. The maximum absolute atomic E-state index is 12.2. The summed E-state index contributed by atoms with van der Waals surface area (Å²) in [6, 6.07) is 6.30. The smallest absolute Gasteiger partial charge is 0.230 e. The van der Waals surface area contributed by atoms with Gasteiger partial charge in [-0.25, -0.2) is 0 Å². The fraction of sp³-hybridized carbons (Fsp3) is 0.533. The van der Waals surface area contributed by atoms with E-state index in [0.29, 0.717) is 0 Å². The van der Waals surface area contributed by atoms with Crippen molar-refractivity contribution in [2.45, 2.75) is 39.2 Å². The quantitative estimate of drug-likeness (QED) is 0.857. The van der Waals surface area contributed by atoms with Gasteiger partial charge in [-0.2, -0.15) is 0 Å². The molecule has 3 nitrogen and oxygen atoms in total. The maximum Gasteiger partial charge on any atom is 0.230 e. The first-order chi connectivity index (χ1) is 8.73. The van der Waals surface area contributed by atoms with E-state index in [4.69, 9.17) is 0 Å².